The van der Waals surface area contributed by atoms with E-state index >= 15 is 0 Å². The lowest BCUT2D eigenvalue weighted by atomic mass is 9.73. The Kier molecular flexibility index (Phi) is 5.27. The molecule has 2 heterocycles. The molecule has 5 rings (SSSR count). The molecule has 2 fully saturated rings. The first kappa shape index (κ1) is 20.5. The third kappa shape index (κ3) is 3.49. The first-order valence-electron chi connectivity index (χ1n) is 11.0. The second-order valence-electron chi connectivity index (χ2n) is 8.69. The van der Waals surface area contributed by atoms with E-state index in [1.165, 1.54) is 5.56 Å². The topological polar surface area (TPSA) is 60.9 Å². The summed E-state index contributed by atoms with van der Waals surface area (Å²) in [5.41, 5.74) is 5.19. The number of fused-ring (bicyclic) bond motifs is 1. The van der Waals surface area contributed by atoms with Gasteiger partial charge in [0.05, 0.1) is 18.7 Å². The molecule has 3 aromatic rings. The van der Waals surface area contributed by atoms with Gasteiger partial charge in [0.1, 0.15) is 6.54 Å². The fourth-order valence-corrected chi connectivity index (χ4v) is 5.14. The van der Waals surface area contributed by atoms with Crippen LogP contribution in [-0.2, 0) is 4.79 Å². The number of piperazine rings is 1. The monoisotopic (exact) mass is 426 g/mol. The first-order valence-corrected chi connectivity index (χ1v) is 11.0. The fraction of sp³-hybridized carbons (Fsp3) is 0.259. The summed E-state index contributed by atoms with van der Waals surface area (Å²) in [6.07, 6.45) is 0. The number of rotatable bonds is 4. The van der Waals surface area contributed by atoms with Crippen LogP contribution in [0.2, 0.25) is 0 Å². The summed E-state index contributed by atoms with van der Waals surface area (Å²) in [4.78, 5) is 29.2. The van der Waals surface area contributed by atoms with Crippen LogP contribution in [0.3, 0.4) is 0 Å². The number of nitrogens with zero attached hydrogens (tertiary/aromatic N) is 2. The molecule has 0 bridgehead atoms. The van der Waals surface area contributed by atoms with Crippen LogP contribution in [0.15, 0.2) is 78.9 Å². The van der Waals surface area contributed by atoms with Crippen molar-refractivity contribution in [2.75, 3.05) is 19.7 Å². The maximum Gasteiger partial charge on any atom is 0.254 e. The molecule has 5 heteroatoms. The molecule has 0 radical (unpaired) electrons. The number of amides is 2. The average molecular weight is 427 g/mol. The zero-order valence-corrected chi connectivity index (χ0v) is 18.0. The van der Waals surface area contributed by atoms with Crippen molar-refractivity contribution in [1.29, 1.82) is 0 Å². The van der Waals surface area contributed by atoms with Gasteiger partial charge in [0.15, 0.2) is 0 Å². The van der Waals surface area contributed by atoms with E-state index in [1.807, 2.05) is 18.2 Å². The highest BCUT2D eigenvalue weighted by Gasteiger charge is 2.54. The highest BCUT2D eigenvalue weighted by molar-refractivity contribution is 5.97. The molecule has 3 atom stereocenters. The SMILES string of the molecule is Cc1cccc(-c2ccc([C@H]3[C@H]4CN(C(=O)c5ccccc5)CC(=O)N4[C@H]3CO)cc2)c1. The second-order valence-corrected chi connectivity index (χ2v) is 8.69. The fourth-order valence-electron chi connectivity index (χ4n) is 5.14. The number of aryl methyl sites for hydroxylation is 1. The maximum atomic E-state index is 13.0. The third-order valence-electron chi connectivity index (χ3n) is 6.71. The Morgan fingerprint density at radius 2 is 1.72 bits per heavy atom. The molecule has 5 nitrogen and oxygen atoms in total. The summed E-state index contributed by atoms with van der Waals surface area (Å²) in [5, 5.41) is 10.0. The van der Waals surface area contributed by atoms with E-state index in [4.69, 9.17) is 0 Å². The van der Waals surface area contributed by atoms with Crippen molar-refractivity contribution in [3.8, 4) is 11.1 Å². The zero-order chi connectivity index (χ0) is 22.2. The van der Waals surface area contributed by atoms with Gasteiger partial charge in [-0.1, -0.05) is 72.3 Å². The predicted molar refractivity (Wildman–Crippen MR) is 123 cm³/mol. The van der Waals surface area contributed by atoms with Gasteiger partial charge >= 0.3 is 0 Å². The summed E-state index contributed by atoms with van der Waals surface area (Å²) in [5.74, 6) is -0.223. The van der Waals surface area contributed by atoms with Crippen molar-refractivity contribution >= 4 is 11.8 Å². The molecule has 2 saturated heterocycles. The standard InChI is InChI=1S/C27H26N2O3/c1-18-6-5-9-22(14-18)19-10-12-20(13-11-19)26-23-15-28(16-25(31)29(23)24(26)17-30)27(32)21-7-3-2-4-8-21/h2-14,23-24,26,30H,15-17H2,1H3/t23-,24+,26+/m1/s1. The molecule has 0 saturated carbocycles. The number of carbonyl (C=O) groups excluding carboxylic acids is 2. The van der Waals surface area contributed by atoms with Crippen LogP contribution >= 0.6 is 0 Å². The molecule has 1 N–H and O–H groups in total. The third-order valence-corrected chi connectivity index (χ3v) is 6.71. The van der Waals surface area contributed by atoms with Gasteiger partial charge in [0, 0.05) is 18.0 Å². The molecule has 0 aliphatic carbocycles. The van der Waals surface area contributed by atoms with Gasteiger partial charge in [-0.2, -0.15) is 0 Å². The minimum absolute atomic E-state index is 0.00174. The molecule has 3 aromatic carbocycles. The van der Waals surface area contributed by atoms with Gasteiger partial charge in [-0.15, -0.1) is 0 Å². The predicted octanol–water partition coefficient (Wildman–Crippen LogP) is 3.47. The number of aliphatic hydroxyl groups excluding tert-OH is 1. The van der Waals surface area contributed by atoms with Crippen LogP contribution in [0, 0.1) is 6.92 Å². The lowest BCUT2D eigenvalue weighted by Crippen LogP contribution is -2.73. The van der Waals surface area contributed by atoms with Gasteiger partial charge < -0.3 is 14.9 Å². The van der Waals surface area contributed by atoms with E-state index < -0.39 is 0 Å². The quantitative estimate of drug-likeness (QED) is 0.695. The van der Waals surface area contributed by atoms with Crippen LogP contribution in [0.5, 0.6) is 0 Å². The summed E-state index contributed by atoms with van der Waals surface area (Å²) in [7, 11) is 0. The van der Waals surface area contributed by atoms with Gasteiger partial charge in [0.25, 0.3) is 5.91 Å². The molecular formula is C27H26N2O3. The summed E-state index contributed by atoms with van der Waals surface area (Å²) in [6, 6.07) is 25.5. The minimum atomic E-state index is -0.244. The summed E-state index contributed by atoms with van der Waals surface area (Å²) >= 11 is 0. The van der Waals surface area contributed by atoms with E-state index in [2.05, 4.69) is 55.5 Å². The number of carbonyl (C=O) groups is 2. The lowest BCUT2D eigenvalue weighted by molar-refractivity contribution is -0.159. The van der Waals surface area contributed by atoms with Crippen LogP contribution in [0.25, 0.3) is 11.1 Å². The van der Waals surface area contributed by atoms with Gasteiger partial charge in [0.2, 0.25) is 5.91 Å². The molecule has 0 aromatic heterocycles. The van der Waals surface area contributed by atoms with Crippen LogP contribution in [-0.4, -0.2) is 58.5 Å². The normalized spacial score (nSPS) is 22.3. The summed E-state index contributed by atoms with van der Waals surface area (Å²) in [6.45, 7) is 2.52. The van der Waals surface area contributed by atoms with Gasteiger partial charge in [-0.3, -0.25) is 9.59 Å². The van der Waals surface area contributed by atoms with E-state index in [1.54, 1.807) is 21.9 Å². The lowest BCUT2D eigenvalue weighted by Gasteiger charge is -2.58. The van der Waals surface area contributed by atoms with Crippen molar-refractivity contribution in [2.45, 2.75) is 24.9 Å². The van der Waals surface area contributed by atoms with Crippen LogP contribution in [0.4, 0.5) is 0 Å². The molecule has 0 spiro atoms. The molecule has 2 aliphatic rings. The molecule has 2 amide bonds. The van der Waals surface area contributed by atoms with E-state index in [9.17, 15) is 14.7 Å². The minimum Gasteiger partial charge on any atom is -0.394 e. The van der Waals surface area contributed by atoms with E-state index in [0.29, 0.717) is 12.1 Å². The largest absolute Gasteiger partial charge is 0.394 e. The number of hydrogen-bond acceptors (Lipinski definition) is 3. The van der Waals surface area contributed by atoms with Crippen LogP contribution in [0.1, 0.15) is 27.4 Å². The van der Waals surface area contributed by atoms with Gasteiger partial charge in [-0.05, 0) is 35.7 Å². The smallest absolute Gasteiger partial charge is 0.254 e. The molecule has 162 valence electrons. The zero-order valence-electron chi connectivity index (χ0n) is 18.0. The van der Waals surface area contributed by atoms with E-state index in [-0.39, 0.29) is 43.0 Å². The Morgan fingerprint density at radius 1 is 0.969 bits per heavy atom. The van der Waals surface area contributed by atoms with Crippen LogP contribution < -0.4 is 0 Å². The van der Waals surface area contributed by atoms with Gasteiger partial charge in [-0.25, -0.2) is 0 Å². The Morgan fingerprint density at radius 3 is 2.41 bits per heavy atom. The Balaban J connectivity index is 1.39. The Hall–Kier alpha value is -3.44. The highest BCUT2D eigenvalue weighted by atomic mass is 16.3. The van der Waals surface area contributed by atoms with Crippen molar-refractivity contribution in [2.24, 2.45) is 0 Å². The number of aliphatic hydroxyl groups is 1. The Labute approximate surface area is 187 Å². The number of benzene rings is 3. The maximum absolute atomic E-state index is 13.0. The molecular weight excluding hydrogens is 400 g/mol. The highest BCUT2D eigenvalue weighted by Crippen LogP contribution is 2.43. The van der Waals surface area contributed by atoms with Crippen molar-refractivity contribution < 1.29 is 14.7 Å². The molecule has 2 aliphatic heterocycles. The van der Waals surface area contributed by atoms with Crippen molar-refractivity contribution in [1.82, 2.24) is 9.80 Å². The number of hydrogen-bond donors (Lipinski definition) is 1. The first-order chi connectivity index (χ1) is 15.6. The molecule has 0 unspecified atom stereocenters. The molecule has 32 heavy (non-hydrogen) atoms. The summed E-state index contributed by atoms with van der Waals surface area (Å²) < 4.78 is 0. The average Bonchev–Trinajstić information content (AvgIpc) is 2.81. The second kappa shape index (κ2) is 8.24. The van der Waals surface area contributed by atoms with E-state index in [0.717, 1.165) is 16.7 Å². The van der Waals surface area contributed by atoms with Crippen molar-refractivity contribution in [3.05, 3.63) is 95.6 Å². The Bertz CT molecular complexity index is 1140. The van der Waals surface area contributed by atoms with Crippen molar-refractivity contribution in [3.63, 3.8) is 0 Å².